The third-order valence-corrected chi connectivity index (χ3v) is 12.1. The fraction of sp³-hybridized carbons (Fsp3) is 0.296. The highest BCUT2D eigenvalue weighted by Gasteiger charge is 2.37. The van der Waals surface area contributed by atoms with Gasteiger partial charge in [-0.25, -0.2) is 0 Å². The molecule has 0 spiro atoms. The monoisotopic (exact) mass is 806 g/mol. The number of hydrogen-bond acceptors (Lipinski definition) is 6. The van der Waals surface area contributed by atoms with Crippen LogP contribution in [0.3, 0.4) is 0 Å². The molecular weight excluding hydrogens is 745 g/mol. The van der Waals surface area contributed by atoms with Crippen molar-refractivity contribution in [2.45, 2.75) is 102 Å². The largest absolute Gasteiger partial charge is 0.508 e. The Morgan fingerprint density at radius 3 is 1.15 bits per heavy atom. The lowest BCUT2D eigenvalue weighted by Crippen LogP contribution is -2.33. The van der Waals surface area contributed by atoms with Gasteiger partial charge in [0.1, 0.15) is 34.5 Å². The molecule has 6 N–H and O–H groups in total. The minimum atomic E-state index is -0.308. The van der Waals surface area contributed by atoms with E-state index in [1.165, 1.54) is 16.7 Å². The quantitative estimate of drug-likeness (QED) is 0.0691. The number of benzene rings is 6. The van der Waals surface area contributed by atoms with E-state index in [4.69, 9.17) is 0 Å². The van der Waals surface area contributed by atoms with Crippen LogP contribution in [0, 0.1) is 0 Å². The molecule has 6 aromatic carbocycles. The number of allylic oxidation sites excluding steroid dienone is 2. The SMILES string of the molecule is CC(=CC(C)(CC(C)(C)c1ccc(O)cc1)c1ccc(O)cc1)c1ccc(O)cc1.CC(CC(C)(CC(C)(C)c1ccc(O)cc1)c1ccc(O)cc1)c1ccc(O)cc1. The minimum Gasteiger partial charge on any atom is -0.508 e. The molecule has 6 heteroatoms. The molecule has 3 unspecified atom stereocenters. The van der Waals surface area contributed by atoms with E-state index < -0.39 is 0 Å². The summed E-state index contributed by atoms with van der Waals surface area (Å²) in [4.78, 5) is 0. The summed E-state index contributed by atoms with van der Waals surface area (Å²) in [6.07, 6.45) is 4.92. The molecule has 0 radical (unpaired) electrons. The van der Waals surface area contributed by atoms with Crippen LogP contribution >= 0.6 is 0 Å². The smallest absolute Gasteiger partial charge is 0.115 e. The predicted octanol–water partition coefficient (Wildman–Crippen LogP) is 13.2. The fourth-order valence-electron chi connectivity index (χ4n) is 9.04. The van der Waals surface area contributed by atoms with Crippen LogP contribution in [0.15, 0.2) is 152 Å². The maximum atomic E-state index is 9.80. The zero-order valence-electron chi connectivity index (χ0n) is 36.3. The van der Waals surface area contributed by atoms with Crippen molar-refractivity contribution in [2.24, 2.45) is 0 Å². The van der Waals surface area contributed by atoms with E-state index in [1.807, 2.05) is 72.8 Å². The summed E-state index contributed by atoms with van der Waals surface area (Å²) in [5.74, 6) is 1.88. The maximum absolute atomic E-state index is 9.80. The molecule has 0 aliphatic carbocycles. The molecule has 0 amide bonds. The molecule has 6 nitrogen and oxygen atoms in total. The van der Waals surface area contributed by atoms with Gasteiger partial charge < -0.3 is 30.6 Å². The Morgan fingerprint density at radius 1 is 0.433 bits per heavy atom. The highest BCUT2D eigenvalue weighted by Crippen LogP contribution is 2.46. The zero-order chi connectivity index (χ0) is 43.9. The van der Waals surface area contributed by atoms with Crippen LogP contribution in [-0.4, -0.2) is 30.6 Å². The topological polar surface area (TPSA) is 121 Å². The standard InChI is InChI=1S/C27H32O3.C27H30O3/c2*1-19(20-5-11-23(28)12-6-20)17-27(4,22-9-15-25(30)16-10-22)18-26(2,3)21-7-13-24(29)14-8-21/h5-16,19,28-30H,17-18H2,1-4H3;5-17,28-30H,18H2,1-4H3. The Kier molecular flexibility index (Phi) is 13.8. The van der Waals surface area contributed by atoms with Crippen molar-refractivity contribution in [2.75, 3.05) is 0 Å². The molecule has 0 bridgehead atoms. The summed E-state index contributed by atoms with van der Waals surface area (Å²) in [7, 11) is 0. The first-order valence-electron chi connectivity index (χ1n) is 20.6. The lowest BCUT2D eigenvalue weighted by Gasteiger charge is -2.40. The first-order chi connectivity index (χ1) is 28.2. The lowest BCUT2D eigenvalue weighted by atomic mass is 9.64. The van der Waals surface area contributed by atoms with Gasteiger partial charge in [-0.3, -0.25) is 0 Å². The van der Waals surface area contributed by atoms with E-state index >= 15 is 0 Å². The third kappa shape index (κ3) is 11.5. The van der Waals surface area contributed by atoms with Gasteiger partial charge in [-0.15, -0.1) is 0 Å². The molecule has 0 heterocycles. The van der Waals surface area contributed by atoms with Gasteiger partial charge in [0.05, 0.1) is 0 Å². The van der Waals surface area contributed by atoms with Gasteiger partial charge in [-0.2, -0.15) is 0 Å². The average Bonchev–Trinajstić information content (AvgIpc) is 3.19. The second-order valence-corrected chi connectivity index (χ2v) is 18.4. The predicted molar refractivity (Wildman–Crippen MR) is 245 cm³/mol. The van der Waals surface area contributed by atoms with Crippen molar-refractivity contribution in [3.8, 4) is 34.5 Å². The van der Waals surface area contributed by atoms with Crippen LogP contribution in [0.1, 0.15) is 114 Å². The number of phenolic OH excluding ortho intramolecular Hbond substituents is 6. The van der Waals surface area contributed by atoms with Gasteiger partial charge in [0.25, 0.3) is 0 Å². The van der Waals surface area contributed by atoms with E-state index in [9.17, 15) is 30.6 Å². The molecule has 0 aliphatic rings. The minimum absolute atomic E-state index is 0.116. The Hall–Kier alpha value is -6.14. The molecule has 0 saturated heterocycles. The molecule has 6 rings (SSSR count). The fourth-order valence-corrected chi connectivity index (χ4v) is 9.04. The van der Waals surface area contributed by atoms with E-state index in [1.54, 1.807) is 72.8 Å². The van der Waals surface area contributed by atoms with Crippen LogP contribution < -0.4 is 0 Å². The molecule has 3 atom stereocenters. The average molecular weight is 807 g/mol. The van der Waals surface area contributed by atoms with Crippen molar-refractivity contribution in [1.29, 1.82) is 0 Å². The second kappa shape index (κ2) is 18.4. The molecular formula is C54H62O6. The van der Waals surface area contributed by atoms with Crippen LogP contribution in [0.5, 0.6) is 34.5 Å². The molecule has 314 valence electrons. The Balaban J connectivity index is 0.000000228. The van der Waals surface area contributed by atoms with E-state index in [0.29, 0.717) is 5.92 Å². The highest BCUT2D eigenvalue weighted by molar-refractivity contribution is 5.66. The van der Waals surface area contributed by atoms with Crippen LogP contribution in [0.2, 0.25) is 0 Å². The van der Waals surface area contributed by atoms with Crippen LogP contribution in [-0.2, 0) is 21.7 Å². The summed E-state index contributed by atoms with van der Waals surface area (Å²) in [5, 5.41) is 58.2. The number of hydrogen-bond donors (Lipinski definition) is 6. The first-order valence-corrected chi connectivity index (χ1v) is 20.6. The second-order valence-electron chi connectivity index (χ2n) is 18.4. The molecule has 60 heavy (non-hydrogen) atoms. The molecule has 0 aliphatic heterocycles. The van der Waals surface area contributed by atoms with Crippen LogP contribution in [0.4, 0.5) is 0 Å². The molecule has 0 aromatic heterocycles. The van der Waals surface area contributed by atoms with Gasteiger partial charge in [-0.05, 0) is 160 Å². The summed E-state index contributed by atoms with van der Waals surface area (Å²) >= 11 is 0. The number of aromatic hydroxyl groups is 6. The number of phenols is 6. The summed E-state index contributed by atoms with van der Waals surface area (Å²) in [6.45, 7) is 17.7. The van der Waals surface area contributed by atoms with Crippen molar-refractivity contribution < 1.29 is 30.6 Å². The van der Waals surface area contributed by atoms with Gasteiger partial charge in [0.2, 0.25) is 0 Å². The van der Waals surface area contributed by atoms with E-state index in [0.717, 1.165) is 41.5 Å². The molecule has 0 saturated carbocycles. The first kappa shape index (κ1) is 45.0. The Morgan fingerprint density at radius 2 is 0.750 bits per heavy atom. The lowest BCUT2D eigenvalue weighted by molar-refractivity contribution is 0.293. The Labute approximate surface area is 356 Å². The van der Waals surface area contributed by atoms with E-state index in [-0.39, 0.29) is 56.2 Å². The van der Waals surface area contributed by atoms with Crippen molar-refractivity contribution in [3.63, 3.8) is 0 Å². The van der Waals surface area contributed by atoms with Gasteiger partial charge in [0, 0.05) is 5.41 Å². The van der Waals surface area contributed by atoms with Crippen molar-refractivity contribution in [3.05, 3.63) is 185 Å². The normalized spacial score (nSPS) is 14.6. The summed E-state index contributed by atoms with van der Waals surface area (Å²) < 4.78 is 0. The Bertz CT molecular complexity index is 2310. The maximum Gasteiger partial charge on any atom is 0.115 e. The van der Waals surface area contributed by atoms with Crippen molar-refractivity contribution >= 4 is 5.57 Å². The third-order valence-electron chi connectivity index (χ3n) is 12.1. The van der Waals surface area contributed by atoms with E-state index in [2.05, 4.69) is 61.5 Å². The van der Waals surface area contributed by atoms with Crippen molar-refractivity contribution in [1.82, 2.24) is 0 Å². The van der Waals surface area contributed by atoms with Gasteiger partial charge in [0.15, 0.2) is 0 Å². The highest BCUT2D eigenvalue weighted by atomic mass is 16.3. The molecule has 0 fully saturated rings. The van der Waals surface area contributed by atoms with Crippen LogP contribution in [0.25, 0.3) is 5.57 Å². The number of rotatable bonds is 13. The summed E-state index contributed by atoms with van der Waals surface area (Å²) in [6, 6.07) is 44.5. The van der Waals surface area contributed by atoms with Gasteiger partial charge >= 0.3 is 0 Å². The molecule has 6 aromatic rings. The summed E-state index contributed by atoms with van der Waals surface area (Å²) in [5.41, 5.74) is 7.28. The van der Waals surface area contributed by atoms with Gasteiger partial charge in [-0.1, -0.05) is 127 Å². The zero-order valence-corrected chi connectivity index (χ0v) is 36.3.